The lowest BCUT2D eigenvalue weighted by Gasteiger charge is -1.99. The summed E-state index contributed by atoms with van der Waals surface area (Å²) in [6.07, 6.45) is 8.18. The van der Waals surface area contributed by atoms with Crippen LogP contribution in [-0.2, 0) is 6.54 Å². The molecule has 2 aromatic rings. The van der Waals surface area contributed by atoms with Crippen LogP contribution in [0.25, 0.3) is 5.65 Å². The number of nitrogens with zero attached hydrogens (tertiary/aromatic N) is 5. The van der Waals surface area contributed by atoms with Crippen molar-refractivity contribution in [3.8, 4) is 12.3 Å². The predicted molar refractivity (Wildman–Crippen MR) is 64.2 cm³/mol. The highest BCUT2D eigenvalue weighted by Gasteiger charge is 2.13. The van der Waals surface area contributed by atoms with Crippen LogP contribution in [0, 0.1) is 17.8 Å². The van der Waals surface area contributed by atoms with Crippen molar-refractivity contribution in [3.05, 3.63) is 22.5 Å². The molecule has 0 radical (unpaired) electrons. The first kappa shape index (κ1) is 11.3. The third-order valence-electron chi connectivity index (χ3n) is 2.08. The van der Waals surface area contributed by atoms with Crippen LogP contribution >= 0.6 is 11.8 Å². The van der Waals surface area contributed by atoms with Crippen molar-refractivity contribution in [3.63, 3.8) is 0 Å². The van der Waals surface area contributed by atoms with E-state index in [0.29, 0.717) is 5.69 Å². The summed E-state index contributed by atoms with van der Waals surface area (Å²) >= 11 is 1.22. The lowest BCUT2D eigenvalue weighted by atomic mass is 10.5. The fourth-order valence-corrected chi connectivity index (χ4v) is 1.62. The second-order valence-corrected chi connectivity index (χ2v) is 3.87. The Labute approximate surface area is 100 Å². The van der Waals surface area contributed by atoms with Crippen molar-refractivity contribution in [2.45, 2.75) is 6.54 Å². The molecule has 0 saturated heterocycles. The Kier molecular flexibility index (Phi) is 2.93. The number of fused-ring (bicyclic) bond motifs is 1. The van der Waals surface area contributed by atoms with Gasteiger partial charge in [-0.25, -0.2) is 14.2 Å². The maximum Gasteiger partial charge on any atom is 0.353 e. The minimum atomic E-state index is -0.416. The zero-order valence-electron chi connectivity index (χ0n) is 8.91. The molecule has 2 aromatic heterocycles. The number of thioether (sulfide) groups is 1. The van der Waals surface area contributed by atoms with Gasteiger partial charge >= 0.3 is 5.69 Å². The average molecular weight is 248 g/mol. The molecule has 1 N–H and O–H groups in total. The Balaban J connectivity index is 2.67. The zero-order valence-corrected chi connectivity index (χ0v) is 9.73. The van der Waals surface area contributed by atoms with Crippen LogP contribution in [0.1, 0.15) is 5.69 Å². The highest BCUT2D eigenvalue weighted by atomic mass is 32.2. The SMILES string of the molecule is C#CCn1nnc2c(C(=N)SC)ncn2c1=O. The summed E-state index contributed by atoms with van der Waals surface area (Å²) in [5.74, 6) is 2.31. The van der Waals surface area contributed by atoms with E-state index < -0.39 is 5.69 Å². The molecular formula is C9H8N6OS. The van der Waals surface area contributed by atoms with Crippen LogP contribution in [0.5, 0.6) is 0 Å². The summed E-state index contributed by atoms with van der Waals surface area (Å²) in [6.45, 7) is 0.0509. The number of hydrogen-bond acceptors (Lipinski definition) is 6. The van der Waals surface area contributed by atoms with Gasteiger partial charge in [-0.15, -0.1) is 23.3 Å². The standard InChI is InChI=1S/C9H8N6OS/c1-3-4-15-9(16)14-5-11-6(7(10)17-2)8(14)12-13-15/h1,5,10H,4H2,2H3. The molecule has 0 fully saturated rings. The molecule has 7 nitrogen and oxygen atoms in total. The maximum absolute atomic E-state index is 11.9. The fraction of sp³-hybridized carbons (Fsp3) is 0.222. The smallest absolute Gasteiger partial charge is 0.292 e. The van der Waals surface area contributed by atoms with E-state index in [1.165, 1.54) is 22.5 Å². The second kappa shape index (κ2) is 4.39. The minimum absolute atomic E-state index is 0.0509. The summed E-state index contributed by atoms with van der Waals surface area (Å²) in [5, 5.41) is 15.4. The van der Waals surface area contributed by atoms with Crippen molar-refractivity contribution in [1.29, 1.82) is 5.41 Å². The lowest BCUT2D eigenvalue weighted by Crippen LogP contribution is -2.29. The van der Waals surface area contributed by atoms with Crippen molar-refractivity contribution >= 4 is 22.5 Å². The highest BCUT2D eigenvalue weighted by molar-refractivity contribution is 8.13. The number of nitrogens with one attached hydrogen (secondary N) is 1. The first-order valence-corrected chi connectivity index (χ1v) is 5.78. The Morgan fingerprint density at radius 2 is 2.47 bits per heavy atom. The third kappa shape index (κ3) is 1.81. The van der Waals surface area contributed by atoms with Gasteiger partial charge in [-0.05, 0) is 6.26 Å². The molecule has 86 valence electrons. The summed E-state index contributed by atoms with van der Waals surface area (Å²) in [5.41, 5.74) is 0.193. The van der Waals surface area contributed by atoms with Crippen LogP contribution < -0.4 is 5.69 Å². The van der Waals surface area contributed by atoms with Crippen LogP contribution in [0.3, 0.4) is 0 Å². The van der Waals surface area contributed by atoms with E-state index in [1.807, 2.05) is 0 Å². The van der Waals surface area contributed by atoms with Gasteiger partial charge in [-0.1, -0.05) is 11.1 Å². The van der Waals surface area contributed by atoms with Crippen LogP contribution in [0.2, 0.25) is 0 Å². The first-order valence-electron chi connectivity index (χ1n) is 4.56. The van der Waals surface area contributed by atoms with Gasteiger partial charge in [-0.3, -0.25) is 5.41 Å². The Morgan fingerprint density at radius 1 is 1.71 bits per heavy atom. The van der Waals surface area contributed by atoms with Crippen LogP contribution in [0.4, 0.5) is 0 Å². The number of terminal acetylenes is 1. The monoisotopic (exact) mass is 248 g/mol. The molecule has 8 heteroatoms. The van der Waals surface area contributed by atoms with Gasteiger partial charge in [0, 0.05) is 0 Å². The largest absolute Gasteiger partial charge is 0.353 e. The molecule has 0 atom stereocenters. The Hall–Kier alpha value is -2.14. The van der Waals surface area contributed by atoms with Crippen molar-refractivity contribution in [2.75, 3.05) is 6.26 Å². The summed E-state index contributed by atoms with van der Waals surface area (Å²) < 4.78 is 2.28. The molecule has 0 aliphatic heterocycles. The van der Waals surface area contributed by atoms with E-state index in [9.17, 15) is 4.79 Å². The first-order chi connectivity index (χ1) is 8.19. The predicted octanol–water partition coefficient (Wildman–Crippen LogP) is -0.392. The number of rotatable bonds is 2. The summed E-state index contributed by atoms with van der Waals surface area (Å²) in [4.78, 5) is 15.8. The van der Waals surface area contributed by atoms with Crippen LogP contribution in [0.15, 0.2) is 11.1 Å². The third-order valence-corrected chi connectivity index (χ3v) is 2.68. The van der Waals surface area contributed by atoms with E-state index in [1.54, 1.807) is 6.26 Å². The molecule has 0 aromatic carbocycles. The van der Waals surface area contributed by atoms with Gasteiger partial charge in [0.2, 0.25) is 0 Å². The number of aromatic nitrogens is 5. The number of imidazole rings is 1. The molecule has 2 rings (SSSR count). The van der Waals surface area contributed by atoms with E-state index in [0.717, 1.165) is 4.68 Å². The molecule has 0 spiro atoms. The highest BCUT2D eigenvalue weighted by Crippen LogP contribution is 2.10. The molecule has 0 aliphatic rings. The van der Waals surface area contributed by atoms with E-state index in [2.05, 4.69) is 21.2 Å². The zero-order chi connectivity index (χ0) is 12.4. The molecule has 2 heterocycles. The Morgan fingerprint density at radius 3 is 3.12 bits per heavy atom. The topological polar surface area (TPSA) is 88.9 Å². The van der Waals surface area contributed by atoms with Gasteiger partial charge in [-0.2, -0.15) is 4.68 Å². The molecule has 0 unspecified atom stereocenters. The van der Waals surface area contributed by atoms with Crippen molar-refractivity contribution < 1.29 is 0 Å². The fourth-order valence-electron chi connectivity index (χ4n) is 1.28. The summed E-state index contributed by atoms with van der Waals surface area (Å²) in [6, 6.07) is 0. The summed E-state index contributed by atoms with van der Waals surface area (Å²) in [7, 11) is 0. The van der Waals surface area contributed by atoms with Crippen molar-refractivity contribution in [1.82, 2.24) is 24.4 Å². The van der Waals surface area contributed by atoms with Crippen LogP contribution in [-0.4, -0.2) is 35.7 Å². The maximum atomic E-state index is 11.9. The normalized spacial score (nSPS) is 10.4. The van der Waals surface area contributed by atoms with Gasteiger partial charge in [0.05, 0.1) is 0 Å². The van der Waals surface area contributed by atoms with Gasteiger partial charge in [0.1, 0.15) is 23.6 Å². The molecule has 0 amide bonds. The van der Waals surface area contributed by atoms with Gasteiger partial charge in [0.15, 0.2) is 5.65 Å². The molecular weight excluding hydrogens is 240 g/mol. The number of hydrogen-bond donors (Lipinski definition) is 1. The van der Waals surface area contributed by atoms with Gasteiger partial charge in [0.25, 0.3) is 0 Å². The van der Waals surface area contributed by atoms with E-state index in [4.69, 9.17) is 11.8 Å². The second-order valence-electron chi connectivity index (χ2n) is 3.05. The van der Waals surface area contributed by atoms with Gasteiger partial charge < -0.3 is 0 Å². The Bertz CT molecular complexity index is 679. The van der Waals surface area contributed by atoms with Crippen molar-refractivity contribution in [2.24, 2.45) is 0 Å². The quantitative estimate of drug-likeness (QED) is 0.444. The van der Waals surface area contributed by atoms with E-state index >= 15 is 0 Å². The lowest BCUT2D eigenvalue weighted by molar-refractivity contribution is 0.576. The molecule has 0 bridgehead atoms. The molecule has 0 aliphatic carbocycles. The van der Waals surface area contributed by atoms with E-state index in [-0.39, 0.29) is 17.2 Å². The molecule has 0 saturated carbocycles. The minimum Gasteiger partial charge on any atom is -0.292 e. The average Bonchev–Trinajstić information content (AvgIpc) is 2.76. The molecule has 17 heavy (non-hydrogen) atoms.